The summed E-state index contributed by atoms with van der Waals surface area (Å²) in [6.45, 7) is 4.75. The summed E-state index contributed by atoms with van der Waals surface area (Å²) >= 11 is 0. The second kappa shape index (κ2) is 3.91. The zero-order chi connectivity index (χ0) is 9.02. The number of carbonyl (C=O) groups excluding carboxylic acids is 2. The highest BCUT2D eigenvalue weighted by Gasteiger charge is 2.15. The van der Waals surface area contributed by atoms with Crippen molar-refractivity contribution >= 4 is 11.8 Å². The number of carbonyl (C=O) groups is 2. The molecule has 0 aliphatic carbocycles. The predicted molar refractivity (Wildman–Crippen MR) is 41.1 cm³/mol. The van der Waals surface area contributed by atoms with E-state index in [-0.39, 0.29) is 11.4 Å². The number of ether oxygens (including phenoxy) is 1. The highest BCUT2D eigenvalue weighted by atomic mass is 16.5. The topological polar surface area (TPSA) is 43.4 Å². The Labute approximate surface area is 66.0 Å². The molecule has 0 N–H and O–H groups in total. The molecule has 11 heavy (non-hydrogen) atoms. The summed E-state index contributed by atoms with van der Waals surface area (Å²) in [5.41, 5.74) is 0.830. The Hall–Kier alpha value is -1.12. The molecule has 0 aliphatic heterocycles. The van der Waals surface area contributed by atoms with Crippen LogP contribution in [0.5, 0.6) is 0 Å². The van der Waals surface area contributed by atoms with E-state index in [9.17, 15) is 9.59 Å². The fourth-order valence-electron chi connectivity index (χ4n) is 0.802. The molecule has 0 aromatic carbocycles. The first-order valence-corrected chi connectivity index (χ1v) is 3.27. The largest absolute Gasteiger partial charge is 0.465 e. The van der Waals surface area contributed by atoms with Crippen molar-refractivity contribution in [2.75, 3.05) is 7.11 Å². The number of allylic oxidation sites excluding steroid dienone is 1. The van der Waals surface area contributed by atoms with Gasteiger partial charge in [0.15, 0.2) is 5.78 Å². The summed E-state index contributed by atoms with van der Waals surface area (Å²) in [4.78, 5) is 21.7. The number of esters is 1. The van der Waals surface area contributed by atoms with Crippen molar-refractivity contribution in [2.45, 2.75) is 20.8 Å². The summed E-state index contributed by atoms with van der Waals surface area (Å²) in [6, 6.07) is 0. The summed E-state index contributed by atoms with van der Waals surface area (Å²) < 4.78 is 4.42. The Morgan fingerprint density at radius 2 is 1.55 bits per heavy atom. The molecule has 0 bridgehead atoms. The van der Waals surface area contributed by atoms with Crippen LogP contribution in [0.2, 0.25) is 0 Å². The van der Waals surface area contributed by atoms with Gasteiger partial charge in [-0.2, -0.15) is 0 Å². The maximum Gasteiger partial charge on any atom is 0.341 e. The van der Waals surface area contributed by atoms with Crippen molar-refractivity contribution in [3.63, 3.8) is 0 Å². The second-order valence-electron chi connectivity index (χ2n) is 2.42. The Morgan fingerprint density at radius 1 is 1.09 bits per heavy atom. The van der Waals surface area contributed by atoms with Crippen LogP contribution in [-0.2, 0) is 14.3 Å². The standard InChI is InChI=1S/C8H12O3/c1-5(2)7(6(3)9)8(10)11-4/h1-4H3. The van der Waals surface area contributed by atoms with Gasteiger partial charge in [0, 0.05) is 0 Å². The van der Waals surface area contributed by atoms with Crippen LogP contribution in [-0.4, -0.2) is 18.9 Å². The van der Waals surface area contributed by atoms with E-state index in [4.69, 9.17) is 0 Å². The zero-order valence-corrected chi connectivity index (χ0v) is 7.22. The lowest BCUT2D eigenvalue weighted by atomic mass is 10.1. The Balaban J connectivity index is 4.79. The SMILES string of the molecule is COC(=O)C(C(C)=O)=C(C)C. The van der Waals surface area contributed by atoms with Crippen LogP contribution in [0.4, 0.5) is 0 Å². The average Bonchev–Trinajstić information content (AvgIpc) is 1.85. The van der Waals surface area contributed by atoms with Gasteiger partial charge in [-0.15, -0.1) is 0 Å². The first-order valence-electron chi connectivity index (χ1n) is 3.27. The van der Waals surface area contributed by atoms with Crippen molar-refractivity contribution in [1.29, 1.82) is 0 Å². The van der Waals surface area contributed by atoms with E-state index in [1.54, 1.807) is 13.8 Å². The van der Waals surface area contributed by atoms with Gasteiger partial charge in [-0.3, -0.25) is 4.79 Å². The molecule has 62 valence electrons. The van der Waals surface area contributed by atoms with Crippen molar-refractivity contribution < 1.29 is 14.3 Å². The average molecular weight is 156 g/mol. The van der Waals surface area contributed by atoms with Crippen molar-refractivity contribution in [1.82, 2.24) is 0 Å². The molecule has 0 radical (unpaired) electrons. The van der Waals surface area contributed by atoms with Gasteiger partial charge in [-0.25, -0.2) is 4.79 Å². The van der Waals surface area contributed by atoms with Crippen LogP contribution in [0, 0.1) is 0 Å². The number of rotatable bonds is 2. The van der Waals surface area contributed by atoms with Gasteiger partial charge in [-0.1, -0.05) is 5.57 Å². The smallest absolute Gasteiger partial charge is 0.341 e. The van der Waals surface area contributed by atoms with E-state index in [1.807, 2.05) is 0 Å². The minimum absolute atomic E-state index is 0.146. The van der Waals surface area contributed by atoms with E-state index in [0.29, 0.717) is 5.57 Å². The van der Waals surface area contributed by atoms with Crippen LogP contribution in [0.3, 0.4) is 0 Å². The number of ketones is 1. The number of hydrogen-bond acceptors (Lipinski definition) is 3. The Kier molecular flexibility index (Phi) is 3.51. The molecule has 0 saturated carbocycles. The Morgan fingerprint density at radius 3 is 1.64 bits per heavy atom. The number of Topliss-reactive ketones (excluding diaryl/α,β-unsaturated/α-hetero) is 1. The molecular weight excluding hydrogens is 144 g/mol. The molecule has 0 atom stereocenters. The third-order valence-electron chi connectivity index (χ3n) is 1.24. The summed E-state index contributed by atoms with van der Waals surface area (Å²) in [5.74, 6) is -0.811. The molecule has 3 heteroatoms. The molecule has 0 spiro atoms. The lowest BCUT2D eigenvalue weighted by Gasteiger charge is -2.02. The van der Waals surface area contributed by atoms with Crippen LogP contribution >= 0.6 is 0 Å². The molecule has 0 unspecified atom stereocenters. The molecular formula is C8H12O3. The minimum atomic E-state index is -0.558. The summed E-state index contributed by atoms with van der Waals surface area (Å²) in [5, 5.41) is 0. The normalized spacial score (nSPS) is 8.73. The first kappa shape index (κ1) is 9.88. The predicted octanol–water partition coefficient (Wildman–Crippen LogP) is 1.08. The molecule has 0 fully saturated rings. The van der Waals surface area contributed by atoms with Gasteiger partial charge >= 0.3 is 5.97 Å². The van der Waals surface area contributed by atoms with E-state index in [0.717, 1.165) is 0 Å². The van der Waals surface area contributed by atoms with E-state index in [1.165, 1.54) is 14.0 Å². The minimum Gasteiger partial charge on any atom is -0.465 e. The monoisotopic (exact) mass is 156 g/mol. The summed E-state index contributed by atoms with van der Waals surface area (Å²) in [7, 11) is 1.26. The molecule has 0 saturated heterocycles. The highest BCUT2D eigenvalue weighted by Crippen LogP contribution is 2.05. The third kappa shape index (κ3) is 2.53. The number of hydrogen-bond donors (Lipinski definition) is 0. The van der Waals surface area contributed by atoms with Gasteiger partial charge < -0.3 is 4.74 Å². The fraction of sp³-hybridized carbons (Fsp3) is 0.500. The molecule has 0 heterocycles. The third-order valence-corrected chi connectivity index (χ3v) is 1.24. The van der Waals surface area contributed by atoms with Crippen molar-refractivity contribution in [2.24, 2.45) is 0 Å². The van der Waals surface area contributed by atoms with Crippen LogP contribution in [0.25, 0.3) is 0 Å². The van der Waals surface area contributed by atoms with E-state index < -0.39 is 5.97 Å². The Bertz CT molecular complexity index is 209. The quantitative estimate of drug-likeness (QED) is 0.260. The highest BCUT2D eigenvalue weighted by molar-refractivity contribution is 6.16. The van der Waals surface area contributed by atoms with Gasteiger partial charge in [0.1, 0.15) is 5.57 Å². The lowest BCUT2D eigenvalue weighted by Crippen LogP contribution is -2.13. The van der Waals surface area contributed by atoms with Crippen molar-refractivity contribution in [3.8, 4) is 0 Å². The number of methoxy groups -OCH3 is 1. The molecule has 0 amide bonds. The maximum atomic E-state index is 10.9. The van der Waals surface area contributed by atoms with Gasteiger partial charge in [0.25, 0.3) is 0 Å². The molecule has 3 nitrogen and oxygen atoms in total. The van der Waals surface area contributed by atoms with Gasteiger partial charge in [0.05, 0.1) is 7.11 Å². The van der Waals surface area contributed by atoms with E-state index >= 15 is 0 Å². The lowest BCUT2D eigenvalue weighted by molar-refractivity contribution is -0.137. The zero-order valence-electron chi connectivity index (χ0n) is 7.22. The molecule has 0 aliphatic rings. The molecule has 0 aromatic heterocycles. The van der Waals surface area contributed by atoms with Crippen LogP contribution in [0.1, 0.15) is 20.8 Å². The van der Waals surface area contributed by atoms with Crippen LogP contribution < -0.4 is 0 Å². The second-order valence-corrected chi connectivity index (χ2v) is 2.42. The first-order chi connectivity index (χ1) is 5.00. The summed E-state index contributed by atoms with van der Waals surface area (Å²) in [6.07, 6.45) is 0. The fourth-order valence-corrected chi connectivity index (χ4v) is 0.802. The van der Waals surface area contributed by atoms with E-state index in [2.05, 4.69) is 4.74 Å². The van der Waals surface area contributed by atoms with Crippen molar-refractivity contribution in [3.05, 3.63) is 11.1 Å². The maximum absolute atomic E-state index is 10.9. The van der Waals surface area contributed by atoms with Crippen LogP contribution in [0.15, 0.2) is 11.1 Å². The van der Waals surface area contributed by atoms with Gasteiger partial charge in [0.2, 0.25) is 0 Å². The molecule has 0 rings (SSSR count). The molecule has 0 aromatic rings. The van der Waals surface area contributed by atoms with Gasteiger partial charge in [-0.05, 0) is 20.8 Å².